The second-order valence-corrected chi connectivity index (χ2v) is 7.90. The van der Waals surface area contributed by atoms with Crippen molar-refractivity contribution < 1.29 is 4.74 Å². The van der Waals surface area contributed by atoms with Crippen molar-refractivity contribution in [3.8, 4) is 6.07 Å². The molecule has 1 aromatic rings. The van der Waals surface area contributed by atoms with Crippen molar-refractivity contribution in [1.29, 1.82) is 5.26 Å². The van der Waals surface area contributed by atoms with Crippen LogP contribution in [-0.4, -0.2) is 54.7 Å². The predicted octanol–water partition coefficient (Wildman–Crippen LogP) is 3.15. The molecule has 2 heterocycles. The second kappa shape index (κ2) is 8.80. The topological polar surface area (TPSA) is 39.5 Å². The third kappa shape index (κ3) is 5.04. The fourth-order valence-corrected chi connectivity index (χ4v) is 4.07. The Kier molecular flexibility index (Phi) is 6.47. The van der Waals surface area contributed by atoms with Crippen LogP contribution in [0.3, 0.4) is 0 Å². The number of rotatable bonds is 5. The fraction of sp³-hybridized carbons (Fsp3) is 0.667. The summed E-state index contributed by atoms with van der Waals surface area (Å²) in [5.41, 5.74) is 1.29. The molecule has 0 amide bonds. The van der Waals surface area contributed by atoms with Crippen LogP contribution in [-0.2, 0) is 11.3 Å². The van der Waals surface area contributed by atoms with E-state index in [1.54, 1.807) is 0 Å². The summed E-state index contributed by atoms with van der Waals surface area (Å²) in [6, 6.07) is 13.0. The first-order chi connectivity index (χ1) is 12.2. The molecular weight excluding hydrogens is 310 g/mol. The summed E-state index contributed by atoms with van der Waals surface area (Å²) in [6.07, 6.45) is 2.73. The smallest absolute Gasteiger partial charge is 0.111 e. The Morgan fingerprint density at radius 1 is 1.24 bits per heavy atom. The van der Waals surface area contributed by atoms with Crippen molar-refractivity contribution >= 4 is 0 Å². The van der Waals surface area contributed by atoms with Gasteiger partial charge in [0, 0.05) is 39.3 Å². The molecule has 0 aliphatic carbocycles. The van der Waals surface area contributed by atoms with Gasteiger partial charge in [-0.25, -0.2) is 0 Å². The molecule has 2 aliphatic rings. The van der Waals surface area contributed by atoms with Crippen LogP contribution in [0.2, 0.25) is 0 Å². The number of hydrogen-bond acceptors (Lipinski definition) is 4. The van der Waals surface area contributed by atoms with E-state index < -0.39 is 0 Å². The Balaban J connectivity index is 1.52. The van der Waals surface area contributed by atoms with Crippen LogP contribution in [0, 0.1) is 23.2 Å². The molecule has 3 atom stereocenters. The van der Waals surface area contributed by atoms with E-state index in [0.29, 0.717) is 17.9 Å². The minimum Gasteiger partial charge on any atom is -0.378 e. The quantitative estimate of drug-likeness (QED) is 0.825. The maximum absolute atomic E-state index is 9.64. The van der Waals surface area contributed by atoms with Crippen molar-refractivity contribution in [1.82, 2.24) is 9.80 Å². The van der Waals surface area contributed by atoms with E-state index in [1.807, 2.05) is 6.07 Å². The van der Waals surface area contributed by atoms with Gasteiger partial charge in [-0.2, -0.15) is 5.26 Å². The zero-order valence-electron chi connectivity index (χ0n) is 15.6. The first-order valence-electron chi connectivity index (χ1n) is 9.67. The van der Waals surface area contributed by atoms with Crippen LogP contribution < -0.4 is 0 Å². The molecule has 25 heavy (non-hydrogen) atoms. The lowest BCUT2D eigenvalue weighted by atomic mass is 9.89. The molecule has 0 saturated carbocycles. The van der Waals surface area contributed by atoms with Crippen LogP contribution in [0.25, 0.3) is 0 Å². The Labute approximate surface area is 152 Å². The van der Waals surface area contributed by atoms with Crippen molar-refractivity contribution in [2.24, 2.45) is 11.8 Å². The average molecular weight is 341 g/mol. The normalized spacial score (nSPS) is 28.8. The predicted molar refractivity (Wildman–Crippen MR) is 100.0 cm³/mol. The van der Waals surface area contributed by atoms with Crippen molar-refractivity contribution in [2.45, 2.75) is 45.4 Å². The molecule has 4 nitrogen and oxygen atoms in total. The molecule has 2 aliphatic heterocycles. The van der Waals surface area contributed by atoms with Gasteiger partial charge in [-0.1, -0.05) is 44.2 Å². The highest BCUT2D eigenvalue weighted by Crippen LogP contribution is 2.26. The summed E-state index contributed by atoms with van der Waals surface area (Å²) in [6.45, 7) is 10.3. The Hall–Kier alpha value is -1.41. The third-order valence-corrected chi connectivity index (χ3v) is 5.64. The molecule has 2 fully saturated rings. The van der Waals surface area contributed by atoms with Gasteiger partial charge < -0.3 is 4.74 Å². The lowest BCUT2D eigenvalue weighted by Gasteiger charge is -2.41. The molecular formula is C21H31N3O. The summed E-state index contributed by atoms with van der Waals surface area (Å²) in [5, 5.41) is 9.64. The number of hydrogen-bond donors (Lipinski definition) is 0. The van der Waals surface area contributed by atoms with Crippen LogP contribution in [0.15, 0.2) is 30.3 Å². The van der Waals surface area contributed by atoms with Gasteiger partial charge in [-0.3, -0.25) is 9.80 Å². The lowest BCUT2D eigenvalue weighted by molar-refractivity contribution is -0.0432. The van der Waals surface area contributed by atoms with Gasteiger partial charge >= 0.3 is 0 Å². The number of piperazine rings is 1. The minimum absolute atomic E-state index is 0.00491. The highest BCUT2D eigenvalue weighted by molar-refractivity contribution is 5.15. The zero-order valence-corrected chi connectivity index (χ0v) is 15.6. The van der Waals surface area contributed by atoms with E-state index >= 15 is 0 Å². The van der Waals surface area contributed by atoms with Gasteiger partial charge in [0.15, 0.2) is 0 Å². The number of nitriles is 1. The van der Waals surface area contributed by atoms with Gasteiger partial charge in [0.25, 0.3) is 0 Å². The summed E-state index contributed by atoms with van der Waals surface area (Å²) in [4.78, 5) is 4.83. The molecule has 0 unspecified atom stereocenters. The van der Waals surface area contributed by atoms with E-state index in [2.05, 4.69) is 54.0 Å². The number of benzene rings is 1. The van der Waals surface area contributed by atoms with E-state index in [9.17, 15) is 5.26 Å². The van der Waals surface area contributed by atoms with Crippen LogP contribution in [0.4, 0.5) is 0 Å². The lowest BCUT2D eigenvalue weighted by Crippen LogP contribution is -2.53. The molecule has 2 saturated heterocycles. The average Bonchev–Trinajstić information content (AvgIpc) is 2.64. The van der Waals surface area contributed by atoms with Gasteiger partial charge in [0.1, 0.15) is 6.04 Å². The Morgan fingerprint density at radius 3 is 2.76 bits per heavy atom. The molecule has 3 rings (SSSR count). The van der Waals surface area contributed by atoms with Gasteiger partial charge in [-0.05, 0) is 30.2 Å². The van der Waals surface area contributed by atoms with Gasteiger partial charge in [0.2, 0.25) is 0 Å². The largest absolute Gasteiger partial charge is 0.378 e. The SMILES string of the molecule is CC(C)[C@@H]1C[C@H](CN2CCN(Cc3ccccc3)[C@H](C#N)C2)CCO1. The first-order valence-corrected chi connectivity index (χ1v) is 9.67. The second-order valence-electron chi connectivity index (χ2n) is 7.90. The fourth-order valence-electron chi connectivity index (χ4n) is 4.07. The summed E-state index contributed by atoms with van der Waals surface area (Å²) in [5.74, 6) is 1.30. The van der Waals surface area contributed by atoms with E-state index in [-0.39, 0.29) is 6.04 Å². The first kappa shape index (κ1) is 18.4. The van der Waals surface area contributed by atoms with Gasteiger partial charge in [0.05, 0.1) is 12.2 Å². The van der Waals surface area contributed by atoms with Crippen molar-refractivity contribution in [3.63, 3.8) is 0 Å². The van der Waals surface area contributed by atoms with Gasteiger partial charge in [-0.15, -0.1) is 0 Å². The van der Waals surface area contributed by atoms with E-state index in [0.717, 1.165) is 45.8 Å². The van der Waals surface area contributed by atoms with Crippen LogP contribution in [0.5, 0.6) is 0 Å². The third-order valence-electron chi connectivity index (χ3n) is 5.64. The molecule has 1 aromatic carbocycles. The monoisotopic (exact) mass is 341 g/mol. The molecule has 0 bridgehead atoms. The minimum atomic E-state index is -0.00491. The van der Waals surface area contributed by atoms with Crippen molar-refractivity contribution in [2.75, 3.05) is 32.8 Å². The van der Waals surface area contributed by atoms with E-state index in [4.69, 9.17) is 4.74 Å². The molecule has 0 N–H and O–H groups in total. The Bertz CT molecular complexity index is 568. The Morgan fingerprint density at radius 2 is 2.04 bits per heavy atom. The number of nitrogens with zero attached hydrogens (tertiary/aromatic N) is 3. The zero-order chi connectivity index (χ0) is 17.6. The molecule has 4 heteroatoms. The van der Waals surface area contributed by atoms with Crippen LogP contribution >= 0.6 is 0 Å². The summed E-state index contributed by atoms with van der Waals surface area (Å²) in [7, 11) is 0. The highest BCUT2D eigenvalue weighted by Gasteiger charge is 2.31. The molecule has 0 radical (unpaired) electrons. The molecule has 0 aromatic heterocycles. The summed E-state index contributed by atoms with van der Waals surface area (Å²) < 4.78 is 5.91. The van der Waals surface area contributed by atoms with Crippen molar-refractivity contribution in [3.05, 3.63) is 35.9 Å². The molecule has 136 valence electrons. The van der Waals surface area contributed by atoms with Crippen LogP contribution in [0.1, 0.15) is 32.3 Å². The standard InChI is InChI=1S/C21H31N3O/c1-17(2)21-12-19(8-11-25-21)14-23-9-10-24(20(13-22)16-23)15-18-6-4-3-5-7-18/h3-7,17,19-21H,8-12,14-16H2,1-2H3/t19-,20-,21+/m1/s1. The molecule has 0 spiro atoms. The maximum Gasteiger partial charge on any atom is 0.111 e. The highest BCUT2D eigenvalue weighted by atomic mass is 16.5. The summed E-state index contributed by atoms with van der Waals surface area (Å²) >= 11 is 0. The maximum atomic E-state index is 9.64. The number of ether oxygens (including phenoxy) is 1. The van der Waals surface area contributed by atoms with E-state index in [1.165, 1.54) is 12.0 Å².